The Balaban J connectivity index is 0.00000450. The Labute approximate surface area is 198 Å². The lowest BCUT2D eigenvalue weighted by Crippen LogP contribution is -2.41. The van der Waals surface area contributed by atoms with Gasteiger partial charge in [-0.2, -0.15) is 5.10 Å². The molecule has 0 fully saturated rings. The largest absolute Gasteiger partial charge is 0.385 e. The summed E-state index contributed by atoms with van der Waals surface area (Å²) in [7, 11) is 5.69. The smallest absolute Gasteiger partial charge is 0.191 e. The van der Waals surface area contributed by atoms with Crippen molar-refractivity contribution in [2.75, 3.05) is 54.0 Å². The van der Waals surface area contributed by atoms with E-state index < -0.39 is 0 Å². The summed E-state index contributed by atoms with van der Waals surface area (Å²) in [6, 6.07) is 10.2. The first-order valence-electron chi connectivity index (χ1n) is 10.4. The van der Waals surface area contributed by atoms with Crippen LogP contribution in [-0.4, -0.2) is 74.6 Å². The third kappa shape index (κ3) is 9.44. The van der Waals surface area contributed by atoms with Gasteiger partial charge in [-0.3, -0.25) is 4.99 Å². The fraction of sp³-hybridized carbons (Fsp3) is 0.545. The lowest BCUT2D eigenvalue weighted by molar-refractivity contribution is 0.180. The van der Waals surface area contributed by atoms with Gasteiger partial charge in [0.25, 0.3) is 0 Å². The second-order valence-corrected chi connectivity index (χ2v) is 7.20. The number of ether oxygens (including phenoxy) is 1. The van der Waals surface area contributed by atoms with Crippen LogP contribution in [0.25, 0.3) is 5.69 Å². The third-order valence-electron chi connectivity index (χ3n) is 4.83. The van der Waals surface area contributed by atoms with E-state index in [-0.39, 0.29) is 24.0 Å². The Bertz CT molecular complexity index is 734. The van der Waals surface area contributed by atoms with Gasteiger partial charge in [0.2, 0.25) is 0 Å². The SMILES string of the molecule is CN=C(NCCCc1cn(-c2ccccc2)nc1C)NCCN(C)CCCOC.I. The molecule has 1 aromatic heterocycles. The van der Waals surface area contributed by atoms with Crippen molar-refractivity contribution < 1.29 is 4.74 Å². The lowest BCUT2D eigenvalue weighted by atomic mass is 10.1. The van der Waals surface area contributed by atoms with Crippen LogP contribution in [0.1, 0.15) is 24.1 Å². The molecule has 30 heavy (non-hydrogen) atoms. The van der Waals surface area contributed by atoms with Gasteiger partial charge in [-0.05, 0) is 50.9 Å². The second kappa shape index (κ2) is 15.2. The number of hydrogen-bond donors (Lipinski definition) is 2. The molecule has 2 aromatic rings. The Morgan fingerprint density at radius 1 is 1.13 bits per heavy atom. The van der Waals surface area contributed by atoms with Crippen LogP contribution in [-0.2, 0) is 11.2 Å². The highest BCUT2D eigenvalue weighted by Gasteiger charge is 2.06. The van der Waals surface area contributed by atoms with E-state index in [2.05, 4.69) is 57.9 Å². The molecule has 7 nitrogen and oxygen atoms in total. The number of para-hydroxylation sites is 1. The number of aromatic nitrogens is 2. The molecule has 0 bridgehead atoms. The van der Waals surface area contributed by atoms with Crippen LogP contribution in [0.4, 0.5) is 0 Å². The highest BCUT2D eigenvalue weighted by molar-refractivity contribution is 14.0. The Morgan fingerprint density at radius 2 is 1.87 bits per heavy atom. The topological polar surface area (TPSA) is 66.7 Å². The molecule has 2 rings (SSSR count). The molecular weight excluding hydrogens is 491 g/mol. The summed E-state index contributed by atoms with van der Waals surface area (Å²) in [6.45, 7) is 6.64. The third-order valence-corrected chi connectivity index (χ3v) is 4.83. The molecule has 1 heterocycles. The van der Waals surface area contributed by atoms with E-state index in [1.54, 1.807) is 7.11 Å². The molecule has 0 aliphatic carbocycles. The van der Waals surface area contributed by atoms with Gasteiger partial charge in [0.05, 0.1) is 11.4 Å². The average molecular weight is 528 g/mol. The van der Waals surface area contributed by atoms with Crippen molar-refractivity contribution >= 4 is 29.9 Å². The van der Waals surface area contributed by atoms with Crippen LogP contribution in [0.5, 0.6) is 0 Å². The summed E-state index contributed by atoms with van der Waals surface area (Å²) in [5, 5.41) is 11.4. The molecule has 0 aliphatic heterocycles. The number of nitrogens with one attached hydrogen (secondary N) is 2. The van der Waals surface area contributed by atoms with Crippen molar-refractivity contribution in [1.29, 1.82) is 0 Å². The van der Waals surface area contributed by atoms with E-state index in [0.29, 0.717) is 0 Å². The minimum Gasteiger partial charge on any atom is -0.385 e. The summed E-state index contributed by atoms with van der Waals surface area (Å²) in [4.78, 5) is 6.60. The van der Waals surface area contributed by atoms with Crippen LogP contribution in [0.3, 0.4) is 0 Å². The summed E-state index contributed by atoms with van der Waals surface area (Å²) < 4.78 is 7.05. The van der Waals surface area contributed by atoms with Gasteiger partial charge in [0, 0.05) is 53.1 Å². The van der Waals surface area contributed by atoms with E-state index in [9.17, 15) is 0 Å². The summed E-state index contributed by atoms with van der Waals surface area (Å²) in [5.41, 5.74) is 3.47. The van der Waals surface area contributed by atoms with Crippen molar-refractivity contribution in [2.45, 2.75) is 26.2 Å². The second-order valence-electron chi connectivity index (χ2n) is 7.20. The van der Waals surface area contributed by atoms with E-state index in [4.69, 9.17) is 4.74 Å². The maximum Gasteiger partial charge on any atom is 0.191 e. The number of nitrogens with zero attached hydrogens (tertiary/aromatic N) is 4. The number of aliphatic imine (C=N–C) groups is 1. The van der Waals surface area contributed by atoms with E-state index in [1.807, 2.05) is 29.9 Å². The first-order valence-corrected chi connectivity index (χ1v) is 10.4. The Morgan fingerprint density at radius 3 is 2.57 bits per heavy atom. The lowest BCUT2D eigenvalue weighted by Gasteiger charge is -2.18. The molecule has 2 N–H and O–H groups in total. The number of aryl methyl sites for hydroxylation is 2. The van der Waals surface area contributed by atoms with Crippen LogP contribution in [0, 0.1) is 6.92 Å². The van der Waals surface area contributed by atoms with E-state index in [1.165, 1.54) is 5.56 Å². The number of hydrogen-bond acceptors (Lipinski definition) is 4. The van der Waals surface area contributed by atoms with Gasteiger partial charge in [0.15, 0.2) is 5.96 Å². The molecule has 0 unspecified atom stereocenters. The highest BCUT2D eigenvalue weighted by atomic mass is 127. The molecule has 168 valence electrons. The number of halogens is 1. The molecule has 0 atom stereocenters. The predicted octanol–water partition coefficient (Wildman–Crippen LogP) is 2.86. The fourth-order valence-electron chi connectivity index (χ4n) is 3.12. The molecule has 0 aliphatic rings. The van der Waals surface area contributed by atoms with Gasteiger partial charge in [0.1, 0.15) is 0 Å². The number of methoxy groups -OCH3 is 1. The van der Waals surface area contributed by atoms with E-state index in [0.717, 1.165) is 69.4 Å². The molecule has 0 saturated heterocycles. The Hall–Kier alpha value is -1.65. The number of guanidine groups is 1. The molecule has 1 aromatic carbocycles. The maximum atomic E-state index is 5.09. The molecule has 0 saturated carbocycles. The van der Waals surface area contributed by atoms with E-state index >= 15 is 0 Å². The quantitative estimate of drug-likeness (QED) is 0.192. The van der Waals surface area contributed by atoms with Gasteiger partial charge >= 0.3 is 0 Å². The zero-order valence-corrected chi connectivity index (χ0v) is 21.1. The number of likely N-dealkylation sites (N-methyl/N-ethyl adjacent to an activating group) is 1. The van der Waals surface area contributed by atoms with Crippen LogP contribution in [0.15, 0.2) is 41.5 Å². The van der Waals surface area contributed by atoms with Gasteiger partial charge < -0.3 is 20.3 Å². The fourth-order valence-corrected chi connectivity index (χ4v) is 3.12. The normalized spacial score (nSPS) is 11.4. The summed E-state index contributed by atoms with van der Waals surface area (Å²) >= 11 is 0. The summed E-state index contributed by atoms with van der Waals surface area (Å²) in [6.07, 6.45) is 5.21. The van der Waals surface area contributed by atoms with Gasteiger partial charge in [-0.1, -0.05) is 18.2 Å². The number of rotatable bonds is 12. The molecule has 0 radical (unpaired) electrons. The van der Waals surface area contributed by atoms with Crippen molar-refractivity contribution in [1.82, 2.24) is 25.3 Å². The standard InChI is InChI=1S/C22H36N6O.HI/c1-19-20(18-28(26-19)21-11-6-5-7-12-21)10-8-13-24-22(23-2)25-14-16-27(3)15-9-17-29-4;/h5-7,11-12,18H,8-10,13-17H2,1-4H3,(H2,23,24,25);1H. The van der Waals surface area contributed by atoms with Crippen LogP contribution >= 0.6 is 24.0 Å². The molecule has 0 amide bonds. The van der Waals surface area contributed by atoms with Crippen LogP contribution in [0.2, 0.25) is 0 Å². The minimum atomic E-state index is 0. The van der Waals surface area contributed by atoms with Crippen molar-refractivity contribution in [3.63, 3.8) is 0 Å². The van der Waals surface area contributed by atoms with Crippen LogP contribution < -0.4 is 10.6 Å². The first kappa shape index (κ1) is 26.4. The average Bonchev–Trinajstić information content (AvgIpc) is 3.11. The summed E-state index contributed by atoms with van der Waals surface area (Å²) in [5.74, 6) is 0.854. The monoisotopic (exact) mass is 528 g/mol. The zero-order chi connectivity index (χ0) is 20.9. The predicted molar refractivity (Wildman–Crippen MR) is 135 cm³/mol. The minimum absolute atomic E-state index is 0. The van der Waals surface area contributed by atoms with Crippen molar-refractivity contribution in [3.05, 3.63) is 47.8 Å². The molecule has 8 heteroatoms. The van der Waals surface area contributed by atoms with Crippen molar-refractivity contribution in [3.8, 4) is 5.69 Å². The van der Waals surface area contributed by atoms with Gasteiger partial charge in [-0.15, -0.1) is 24.0 Å². The van der Waals surface area contributed by atoms with Gasteiger partial charge in [-0.25, -0.2) is 4.68 Å². The zero-order valence-electron chi connectivity index (χ0n) is 18.7. The molecular formula is C22H37IN6O. The maximum absolute atomic E-state index is 5.09. The Kier molecular flexibility index (Phi) is 13.4. The number of benzene rings is 1. The first-order chi connectivity index (χ1) is 14.1. The highest BCUT2D eigenvalue weighted by Crippen LogP contribution is 2.13. The van der Waals surface area contributed by atoms with Crippen molar-refractivity contribution in [2.24, 2.45) is 4.99 Å². The molecule has 0 spiro atoms.